The topological polar surface area (TPSA) is 35.5 Å². The van der Waals surface area contributed by atoms with Gasteiger partial charge in [-0.15, -0.1) is 0 Å². The third kappa shape index (κ3) is 2.56. The smallest absolute Gasteiger partial charge is 0.302 e. The minimum absolute atomic E-state index is 0.103. The Bertz CT molecular complexity index is 582. The van der Waals surface area contributed by atoms with Crippen molar-refractivity contribution in [2.24, 2.45) is 34.5 Å². The second kappa shape index (κ2) is 6.03. The number of hydrogen-bond acceptors (Lipinski definition) is 3. The van der Waals surface area contributed by atoms with Gasteiger partial charge in [0, 0.05) is 18.8 Å². The number of ether oxygens (including phenoxy) is 2. The number of carbonyl (C=O) groups excluding carboxylic acids is 1. The quantitative estimate of drug-likeness (QED) is 0.653. The van der Waals surface area contributed by atoms with Gasteiger partial charge in [0.2, 0.25) is 0 Å². The van der Waals surface area contributed by atoms with Gasteiger partial charge in [0.25, 0.3) is 0 Å². The Labute approximate surface area is 152 Å². The minimum Gasteiger partial charge on any atom is -0.501 e. The van der Waals surface area contributed by atoms with E-state index < -0.39 is 0 Å². The van der Waals surface area contributed by atoms with E-state index in [9.17, 15) is 4.79 Å². The summed E-state index contributed by atoms with van der Waals surface area (Å²) in [5, 5.41) is 0. The average Bonchev–Trinajstić information content (AvgIpc) is 2.90. The third-order valence-electron chi connectivity index (χ3n) is 8.72. The summed E-state index contributed by atoms with van der Waals surface area (Å²) in [7, 11) is 1.82. The van der Waals surface area contributed by atoms with Crippen LogP contribution in [0.4, 0.5) is 0 Å². The molecule has 4 aliphatic carbocycles. The number of allylic oxidation sites excluding steroid dienone is 2. The van der Waals surface area contributed by atoms with E-state index in [1.165, 1.54) is 44.3 Å². The van der Waals surface area contributed by atoms with Crippen molar-refractivity contribution in [1.82, 2.24) is 0 Å². The molecular formula is C22H34O3. The Morgan fingerprint density at radius 3 is 2.52 bits per heavy atom. The van der Waals surface area contributed by atoms with Gasteiger partial charge in [-0.2, -0.15) is 0 Å². The molecule has 0 heterocycles. The van der Waals surface area contributed by atoms with Crippen LogP contribution in [0, 0.1) is 34.5 Å². The zero-order valence-electron chi connectivity index (χ0n) is 16.3. The molecule has 3 fully saturated rings. The van der Waals surface area contributed by atoms with Crippen molar-refractivity contribution in [1.29, 1.82) is 0 Å². The predicted molar refractivity (Wildman–Crippen MR) is 97.8 cm³/mol. The standard InChI is InChI=1S/C22H34O3/c1-14(23)25-20-8-7-18-17-6-5-15-13-16(24-4)9-11-21(15,2)19(17)10-12-22(18,20)3/h13,15,17-20H,5-12H2,1-4H3. The van der Waals surface area contributed by atoms with E-state index in [4.69, 9.17) is 9.47 Å². The van der Waals surface area contributed by atoms with Crippen molar-refractivity contribution in [3.63, 3.8) is 0 Å². The molecule has 4 rings (SSSR count). The van der Waals surface area contributed by atoms with Gasteiger partial charge in [-0.3, -0.25) is 4.79 Å². The van der Waals surface area contributed by atoms with E-state index >= 15 is 0 Å². The Hall–Kier alpha value is -0.990. The molecule has 25 heavy (non-hydrogen) atoms. The average molecular weight is 347 g/mol. The predicted octanol–water partition coefficient (Wildman–Crippen LogP) is 5.10. The van der Waals surface area contributed by atoms with Crippen molar-refractivity contribution < 1.29 is 14.3 Å². The van der Waals surface area contributed by atoms with Gasteiger partial charge in [-0.1, -0.05) is 13.8 Å². The molecule has 7 unspecified atom stereocenters. The third-order valence-corrected chi connectivity index (χ3v) is 8.72. The molecular weight excluding hydrogens is 312 g/mol. The van der Waals surface area contributed by atoms with Crippen molar-refractivity contribution in [2.45, 2.75) is 78.2 Å². The Kier molecular flexibility index (Phi) is 4.20. The monoisotopic (exact) mass is 346 g/mol. The summed E-state index contributed by atoms with van der Waals surface area (Å²) in [6.45, 7) is 6.53. The first-order valence-electron chi connectivity index (χ1n) is 10.3. The fraction of sp³-hybridized carbons (Fsp3) is 0.864. The fourth-order valence-corrected chi connectivity index (χ4v) is 7.35. The molecule has 0 saturated heterocycles. The molecule has 3 nitrogen and oxygen atoms in total. The number of carbonyl (C=O) groups is 1. The number of methoxy groups -OCH3 is 1. The summed E-state index contributed by atoms with van der Waals surface area (Å²) < 4.78 is 11.3. The minimum atomic E-state index is -0.103. The van der Waals surface area contributed by atoms with E-state index in [0.717, 1.165) is 30.6 Å². The summed E-state index contributed by atoms with van der Waals surface area (Å²) in [5.41, 5.74) is 0.643. The molecule has 0 N–H and O–H groups in total. The van der Waals surface area contributed by atoms with Crippen molar-refractivity contribution in [3.8, 4) is 0 Å². The normalized spacial score (nSPS) is 48.6. The Morgan fingerprint density at radius 1 is 1.04 bits per heavy atom. The lowest BCUT2D eigenvalue weighted by Crippen LogP contribution is -2.53. The van der Waals surface area contributed by atoms with Crippen molar-refractivity contribution in [2.75, 3.05) is 7.11 Å². The first-order valence-corrected chi connectivity index (χ1v) is 10.3. The van der Waals surface area contributed by atoms with Gasteiger partial charge in [-0.05, 0) is 80.1 Å². The van der Waals surface area contributed by atoms with Crippen LogP contribution in [0.15, 0.2) is 11.8 Å². The lowest BCUT2D eigenvalue weighted by Gasteiger charge is -2.59. The van der Waals surface area contributed by atoms with Crippen LogP contribution in [0.5, 0.6) is 0 Å². The summed E-state index contributed by atoms with van der Waals surface area (Å²) in [6, 6.07) is 0. The number of rotatable bonds is 2. The lowest BCUT2D eigenvalue weighted by atomic mass is 9.46. The first-order chi connectivity index (χ1) is 11.9. The maximum atomic E-state index is 11.6. The van der Waals surface area contributed by atoms with Gasteiger partial charge >= 0.3 is 5.97 Å². The lowest BCUT2D eigenvalue weighted by molar-refractivity contribution is -0.159. The largest absolute Gasteiger partial charge is 0.501 e. The molecule has 7 atom stereocenters. The van der Waals surface area contributed by atoms with Gasteiger partial charge in [-0.25, -0.2) is 0 Å². The van der Waals surface area contributed by atoms with Crippen LogP contribution in [0.3, 0.4) is 0 Å². The zero-order chi connectivity index (χ0) is 17.8. The van der Waals surface area contributed by atoms with E-state index in [-0.39, 0.29) is 17.5 Å². The molecule has 140 valence electrons. The van der Waals surface area contributed by atoms with E-state index in [1.54, 1.807) is 6.92 Å². The van der Waals surface area contributed by atoms with E-state index in [2.05, 4.69) is 19.9 Å². The second-order valence-electron chi connectivity index (χ2n) is 9.62. The summed E-state index contributed by atoms with van der Waals surface area (Å²) >= 11 is 0. The van der Waals surface area contributed by atoms with Gasteiger partial charge < -0.3 is 9.47 Å². The molecule has 0 radical (unpaired) electrons. The highest BCUT2D eigenvalue weighted by molar-refractivity contribution is 5.66. The van der Waals surface area contributed by atoms with Crippen LogP contribution in [0.1, 0.15) is 72.1 Å². The number of esters is 1. The molecule has 0 aromatic rings. The van der Waals surface area contributed by atoms with Crippen LogP contribution in [-0.2, 0) is 14.3 Å². The maximum absolute atomic E-state index is 11.6. The Balaban J connectivity index is 1.58. The summed E-state index contributed by atoms with van der Waals surface area (Å²) in [5.74, 6) is 4.17. The highest BCUT2D eigenvalue weighted by Gasteiger charge is 2.60. The van der Waals surface area contributed by atoms with Crippen molar-refractivity contribution >= 4 is 5.97 Å². The molecule has 0 amide bonds. The molecule has 4 aliphatic rings. The number of fused-ring (bicyclic) bond motifs is 5. The highest BCUT2D eigenvalue weighted by Crippen LogP contribution is 2.66. The zero-order valence-corrected chi connectivity index (χ0v) is 16.3. The van der Waals surface area contributed by atoms with E-state index in [0.29, 0.717) is 11.3 Å². The van der Waals surface area contributed by atoms with Crippen LogP contribution >= 0.6 is 0 Å². The molecule has 0 bridgehead atoms. The second-order valence-corrected chi connectivity index (χ2v) is 9.62. The molecule has 3 heteroatoms. The SMILES string of the molecule is COC1=CC2CCC3C(CCC4(C)C(OC(C)=O)CCC34)C2(C)CC1. The molecule has 0 spiro atoms. The number of hydrogen-bond donors (Lipinski definition) is 0. The van der Waals surface area contributed by atoms with Gasteiger partial charge in [0.1, 0.15) is 6.10 Å². The fourth-order valence-electron chi connectivity index (χ4n) is 7.35. The van der Waals surface area contributed by atoms with Crippen LogP contribution < -0.4 is 0 Å². The van der Waals surface area contributed by atoms with Crippen LogP contribution in [-0.4, -0.2) is 19.2 Å². The van der Waals surface area contributed by atoms with Crippen molar-refractivity contribution in [3.05, 3.63) is 11.8 Å². The molecule has 0 aliphatic heterocycles. The summed E-state index contributed by atoms with van der Waals surface area (Å²) in [4.78, 5) is 11.6. The van der Waals surface area contributed by atoms with Crippen LogP contribution in [0.25, 0.3) is 0 Å². The first kappa shape index (κ1) is 17.4. The maximum Gasteiger partial charge on any atom is 0.302 e. The highest BCUT2D eigenvalue weighted by atomic mass is 16.5. The molecule has 3 saturated carbocycles. The van der Waals surface area contributed by atoms with Gasteiger partial charge in [0.15, 0.2) is 0 Å². The van der Waals surface area contributed by atoms with E-state index in [1.807, 2.05) is 7.11 Å². The van der Waals surface area contributed by atoms with Gasteiger partial charge in [0.05, 0.1) is 12.9 Å². The molecule has 0 aromatic heterocycles. The molecule has 0 aromatic carbocycles. The Morgan fingerprint density at radius 2 is 1.80 bits per heavy atom. The van der Waals surface area contributed by atoms with Crippen LogP contribution in [0.2, 0.25) is 0 Å². The summed E-state index contributed by atoms with van der Waals surface area (Å²) in [6.07, 6.45) is 12.4.